The molecule has 7 atom stereocenters. The molecule has 2 aromatic rings. The number of aromatic nitrogens is 2. The number of nitrogens with one attached hydrogen (secondary N) is 2. The molecule has 34 heavy (non-hydrogen) atoms. The standard InChI is InChI=1S/C27H36N4O3/c1-17(25(33)30-16-19-8-4-6-14-28-19)20-10-12-27(3)13-11-21(18(2)23(27)24(20)32)31-26(34)22-9-5-7-15-29-22/h4-9,14-15,17-18,20-21,23-24,32H,10-13,16H2,1-3H3,(H,30,33)(H,31,34)/t17-,18-,20-,21-,23+,24-,27+/m0/s1. The number of amides is 2. The predicted octanol–water partition coefficient (Wildman–Crippen LogP) is 3.35. The lowest BCUT2D eigenvalue weighted by Gasteiger charge is -2.56. The third-order valence-corrected chi connectivity index (χ3v) is 8.33. The van der Waals surface area contributed by atoms with Crippen molar-refractivity contribution in [1.82, 2.24) is 20.6 Å². The second-order valence-electron chi connectivity index (χ2n) is 10.4. The highest BCUT2D eigenvalue weighted by Crippen LogP contribution is 2.55. The van der Waals surface area contributed by atoms with E-state index in [1.54, 1.807) is 30.6 Å². The van der Waals surface area contributed by atoms with Crippen LogP contribution in [0.2, 0.25) is 0 Å². The minimum atomic E-state index is -0.598. The van der Waals surface area contributed by atoms with Gasteiger partial charge in [-0.15, -0.1) is 0 Å². The molecule has 0 spiro atoms. The highest BCUT2D eigenvalue weighted by Gasteiger charge is 2.53. The van der Waals surface area contributed by atoms with E-state index >= 15 is 0 Å². The molecule has 0 aromatic carbocycles. The topological polar surface area (TPSA) is 104 Å². The fourth-order valence-electron chi connectivity index (χ4n) is 6.27. The van der Waals surface area contributed by atoms with Crippen LogP contribution in [0.1, 0.15) is 62.6 Å². The van der Waals surface area contributed by atoms with E-state index in [1.165, 1.54) is 0 Å². The van der Waals surface area contributed by atoms with Crippen LogP contribution in [0.4, 0.5) is 0 Å². The SMILES string of the molecule is C[C@@H]1[C@@H]2[C@@H](O)[C@H]([C@H](C)C(=O)NCc3ccccn3)CC[C@]2(C)CC[C@@H]1NC(=O)c1ccccn1. The van der Waals surface area contributed by atoms with Crippen LogP contribution < -0.4 is 10.6 Å². The molecule has 0 unspecified atom stereocenters. The molecule has 4 rings (SSSR count). The van der Waals surface area contributed by atoms with Gasteiger partial charge in [0, 0.05) is 24.4 Å². The van der Waals surface area contributed by atoms with Gasteiger partial charge in [0.05, 0.1) is 18.3 Å². The number of carbonyl (C=O) groups excluding carboxylic acids is 2. The Morgan fingerprint density at radius 3 is 2.50 bits per heavy atom. The van der Waals surface area contributed by atoms with E-state index in [-0.39, 0.29) is 46.9 Å². The van der Waals surface area contributed by atoms with Crippen molar-refractivity contribution in [1.29, 1.82) is 0 Å². The molecule has 0 radical (unpaired) electrons. The molecule has 2 aromatic heterocycles. The minimum absolute atomic E-state index is 0.00567. The van der Waals surface area contributed by atoms with Crippen molar-refractivity contribution in [2.45, 2.75) is 65.1 Å². The van der Waals surface area contributed by atoms with Crippen LogP contribution in [0.15, 0.2) is 48.8 Å². The van der Waals surface area contributed by atoms with Gasteiger partial charge in [-0.3, -0.25) is 19.6 Å². The molecule has 0 saturated heterocycles. The van der Waals surface area contributed by atoms with Crippen LogP contribution in [-0.4, -0.2) is 39.0 Å². The van der Waals surface area contributed by atoms with Crippen LogP contribution in [0.5, 0.6) is 0 Å². The first-order valence-electron chi connectivity index (χ1n) is 12.4. The first-order chi connectivity index (χ1) is 16.3. The lowest BCUT2D eigenvalue weighted by atomic mass is 9.51. The van der Waals surface area contributed by atoms with E-state index in [0.29, 0.717) is 12.2 Å². The summed E-state index contributed by atoms with van der Waals surface area (Å²) >= 11 is 0. The van der Waals surface area contributed by atoms with Crippen LogP contribution in [0.25, 0.3) is 0 Å². The zero-order valence-electron chi connectivity index (χ0n) is 20.3. The molecule has 2 aliphatic rings. The second kappa shape index (κ2) is 10.2. The molecule has 2 fully saturated rings. The van der Waals surface area contributed by atoms with Gasteiger partial charge in [-0.2, -0.15) is 0 Å². The van der Waals surface area contributed by atoms with Crippen molar-refractivity contribution < 1.29 is 14.7 Å². The second-order valence-corrected chi connectivity index (χ2v) is 10.4. The van der Waals surface area contributed by atoms with E-state index < -0.39 is 6.10 Å². The van der Waals surface area contributed by atoms with E-state index in [0.717, 1.165) is 31.4 Å². The van der Waals surface area contributed by atoms with Crippen LogP contribution in [0.3, 0.4) is 0 Å². The Balaban J connectivity index is 1.42. The van der Waals surface area contributed by atoms with Crippen molar-refractivity contribution in [2.24, 2.45) is 29.1 Å². The third-order valence-electron chi connectivity index (χ3n) is 8.33. The number of pyridine rings is 2. The molecule has 3 N–H and O–H groups in total. The van der Waals surface area contributed by atoms with Crippen LogP contribution in [-0.2, 0) is 11.3 Å². The van der Waals surface area contributed by atoms with Crippen molar-refractivity contribution in [2.75, 3.05) is 0 Å². The largest absolute Gasteiger partial charge is 0.392 e. The summed E-state index contributed by atoms with van der Waals surface area (Å²) in [6, 6.07) is 10.9. The first-order valence-corrected chi connectivity index (χ1v) is 12.4. The molecule has 7 nitrogen and oxygen atoms in total. The van der Waals surface area contributed by atoms with Gasteiger partial charge in [0.2, 0.25) is 5.91 Å². The number of hydrogen-bond donors (Lipinski definition) is 3. The van der Waals surface area contributed by atoms with E-state index in [4.69, 9.17) is 0 Å². The number of rotatable bonds is 6. The van der Waals surface area contributed by atoms with Crippen molar-refractivity contribution in [3.63, 3.8) is 0 Å². The lowest BCUT2D eigenvalue weighted by Crippen LogP contribution is -2.58. The number of aliphatic hydroxyl groups is 1. The molecule has 2 amide bonds. The molecule has 2 heterocycles. The predicted molar refractivity (Wildman–Crippen MR) is 129 cm³/mol. The van der Waals surface area contributed by atoms with Crippen molar-refractivity contribution >= 4 is 11.8 Å². The Morgan fingerprint density at radius 2 is 1.82 bits per heavy atom. The van der Waals surface area contributed by atoms with Crippen molar-refractivity contribution in [3.05, 3.63) is 60.2 Å². The molecular formula is C27H36N4O3. The fourth-order valence-corrected chi connectivity index (χ4v) is 6.27. The number of carbonyl (C=O) groups is 2. The van der Waals surface area contributed by atoms with Gasteiger partial charge in [-0.1, -0.05) is 32.9 Å². The third kappa shape index (κ3) is 4.99. The summed E-state index contributed by atoms with van der Waals surface area (Å²) in [6.07, 6.45) is 6.35. The smallest absolute Gasteiger partial charge is 0.270 e. The van der Waals surface area contributed by atoms with E-state index in [2.05, 4.69) is 34.4 Å². The minimum Gasteiger partial charge on any atom is -0.392 e. The van der Waals surface area contributed by atoms with Gasteiger partial charge in [0.25, 0.3) is 5.91 Å². The van der Waals surface area contributed by atoms with Crippen molar-refractivity contribution in [3.8, 4) is 0 Å². The lowest BCUT2D eigenvalue weighted by molar-refractivity contribution is -0.142. The number of nitrogens with zero attached hydrogens (tertiary/aromatic N) is 2. The monoisotopic (exact) mass is 464 g/mol. The number of aliphatic hydroxyl groups excluding tert-OH is 1. The highest BCUT2D eigenvalue weighted by atomic mass is 16.3. The Morgan fingerprint density at radius 1 is 1.12 bits per heavy atom. The number of hydrogen-bond acceptors (Lipinski definition) is 5. The molecule has 2 saturated carbocycles. The average molecular weight is 465 g/mol. The summed E-state index contributed by atoms with van der Waals surface area (Å²) in [5.41, 5.74) is 1.22. The van der Waals surface area contributed by atoms with Gasteiger partial charge >= 0.3 is 0 Å². The van der Waals surface area contributed by atoms with Gasteiger partial charge in [0.15, 0.2) is 0 Å². The Labute approximate surface area is 201 Å². The zero-order valence-corrected chi connectivity index (χ0v) is 20.3. The van der Waals surface area contributed by atoms with E-state index in [9.17, 15) is 14.7 Å². The summed E-state index contributed by atoms with van der Waals surface area (Å²) in [6.45, 7) is 6.68. The summed E-state index contributed by atoms with van der Waals surface area (Å²) in [7, 11) is 0. The summed E-state index contributed by atoms with van der Waals surface area (Å²) < 4.78 is 0. The Kier molecular flexibility index (Phi) is 7.31. The van der Waals surface area contributed by atoms with Gasteiger partial charge in [0.1, 0.15) is 5.69 Å². The normalized spacial score (nSPS) is 31.7. The zero-order chi connectivity index (χ0) is 24.3. The van der Waals surface area contributed by atoms with Crippen LogP contribution >= 0.6 is 0 Å². The fraction of sp³-hybridized carbons (Fsp3) is 0.556. The number of fused-ring (bicyclic) bond motifs is 1. The maximum absolute atomic E-state index is 12.9. The summed E-state index contributed by atoms with van der Waals surface area (Å²) in [4.78, 5) is 34.1. The molecule has 0 bridgehead atoms. The van der Waals surface area contributed by atoms with Gasteiger partial charge in [-0.05, 0) is 73.1 Å². The molecule has 182 valence electrons. The Hall–Kier alpha value is -2.80. The average Bonchev–Trinajstić information content (AvgIpc) is 2.85. The quantitative estimate of drug-likeness (QED) is 0.608. The molecule has 2 aliphatic carbocycles. The van der Waals surface area contributed by atoms with Gasteiger partial charge in [-0.25, -0.2) is 0 Å². The summed E-state index contributed by atoms with van der Waals surface area (Å²) in [5, 5.41) is 17.7. The van der Waals surface area contributed by atoms with Gasteiger partial charge < -0.3 is 15.7 Å². The maximum atomic E-state index is 12.9. The Bertz CT molecular complexity index is 986. The van der Waals surface area contributed by atoms with E-state index in [1.807, 2.05) is 25.1 Å². The molecule has 7 heteroatoms. The van der Waals surface area contributed by atoms with Crippen LogP contribution in [0, 0.1) is 29.1 Å². The highest BCUT2D eigenvalue weighted by molar-refractivity contribution is 5.92. The molecular weight excluding hydrogens is 428 g/mol. The summed E-state index contributed by atoms with van der Waals surface area (Å²) in [5.74, 6) is -0.548. The maximum Gasteiger partial charge on any atom is 0.270 e. The molecule has 0 aliphatic heterocycles. The first kappa shape index (κ1) is 24.3.